The average molecular weight is 401 g/mol. The minimum Gasteiger partial charge on any atom is -0.336 e. The monoisotopic (exact) mass is 400 g/mol. The summed E-state index contributed by atoms with van der Waals surface area (Å²) in [7, 11) is 1.52. The Hall–Kier alpha value is -1.76. The quantitative estimate of drug-likeness (QED) is 0.734. The molecule has 2 aromatic carbocycles. The molecule has 8 heteroatoms. The van der Waals surface area contributed by atoms with E-state index in [1.54, 1.807) is 24.3 Å². The Labute approximate surface area is 159 Å². The maximum Gasteiger partial charge on any atom is 0.243 e. The molecule has 0 saturated carbocycles. The summed E-state index contributed by atoms with van der Waals surface area (Å²) in [6.45, 7) is -0.140. The summed E-state index contributed by atoms with van der Waals surface area (Å²) in [5.74, 6) is -0.983. The molecule has 0 spiro atoms. The van der Waals surface area contributed by atoms with Crippen LogP contribution in [0.3, 0.4) is 0 Å². The molecule has 4 nitrogen and oxygen atoms in total. The molecule has 0 radical (unpaired) electrons. The predicted octanol–water partition coefficient (Wildman–Crippen LogP) is 4.32. The molecule has 1 N–H and O–H groups in total. The summed E-state index contributed by atoms with van der Waals surface area (Å²) < 4.78 is 13.1. The zero-order valence-electron chi connectivity index (χ0n) is 13.3. The molecule has 132 valence electrons. The van der Waals surface area contributed by atoms with Crippen molar-refractivity contribution in [1.29, 1.82) is 0 Å². The number of amides is 2. The highest BCUT2D eigenvalue weighted by atomic mass is 35.5. The van der Waals surface area contributed by atoms with Gasteiger partial charge in [-0.2, -0.15) is 0 Å². The maximum atomic E-state index is 13.1. The van der Waals surface area contributed by atoms with Crippen LogP contribution in [-0.4, -0.2) is 36.1 Å². The second-order valence-corrected chi connectivity index (χ2v) is 7.03. The van der Waals surface area contributed by atoms with Crippen LogP contribution in [0.5, 0.6) is 0 Å². The zero-order valence-corrected chi connectivity index (χ0v) is 15.6. The third-order valence-electron chi connectivity index (χ3n) is 3.16. The van der Waals surface area contributed by atoms with E-state index in [0.29, 0.717) is 20.6 Å². The third kappa shape index (κ3) is 6.23. The third-order valence-corrected chi connectivity index (χ3v) is 4.88. The van der Waals surface area contributed by atoms with Crippen LogP contribution in [-0.2, 0) is 9.59 Å². The van der Waals surface area contributed by atoms with Crippen molar-refractivity contribution in [2.45, 2.75) is 4.90 Å². The summed E-state index contributed by atoms with van der Waals surface area (Å²) in [5.41, 5.74) is 0.339. The van der Waals surface area contributed by atoms with Gasteiger partial charge in [-0.05, 0) is 36.4 Å². The summed E-state index contributed by atoms with van der Waals surface area (Å²) >= 11 is 13.2. The van der Waals surface area contributed by atoms with Crippen molar-refractivity contribution in [3.8, 4) is 0 Å². The van der Waals surface area contributed by atoms with E-state index in [4.69, 9.17) is 23.2 Å². The van der Waals surface area contributed by atoms with E-state index in [-0.39, 0.29) is 18.2 Å². The fourth-order valence-electron chi connectivity index (χ4n) is 1.91. The second-order valence-electron chi connectivity index (χ2n) is 5.17. The normalized spacial score (nSPS) is 10.4. The van der Waals surface area contributed by atoms with Crippen molar-refractivity contribution in [2.24, 2.45) is 0 Å². The van der Waals surface area contributed by atoms with E-state index < -0.39 is 11.7 Å². The number of thioether (sulfide) groups is 1. The van der Waals surface area contributed by atoms with Crippen LogP contribution < -0.4 is 5.32 Å². The molecule has 0 atom stereocenters. The van der Waals surface area contributed by atoms with E-state index >= 15 is 0 Å². The van der Waals surface area contributed by atoms with Gasteiger partial charge in [-0.15, -0.1) is 11.8 Å². The molecule has 0 aliphatic carbocycles. The molecule has 2 amide bonds. The van der Waals surface area contributed by atoms with Crippen LogP contribution >= 0.6 is 35.0 Å². The van der Waals surface area contributed by atoms with E-state index in [2.05, 4.69) is 5.32 Å². The van der Waals surface area contributed by atoms with Crippen molar-refractivity contribution in [3.05, 3.63) is 58.3 Å². The number of hydrogen-bond donors (Lipinski definition) is 1. The van der Waals surface area contributed by atoms with Gasteiger partial charge in [0.2, 0.25) is 11.8 Å². The highest BCUT2D eigenvalue weighted by molar-refractivity contribution is 8.00. The van der Waals surface area contributed by atoms with Crippen molar-refractivity contribution >= 4 is 52.5 Å². The minimum absolute atomic E-state index is 0.115. The minimum atomic E-state index is -0.447. The first kappa shape index (κ1) is 19.6. The fourth-order valence-corrected chi connectivity index (χ4v) is 3.34. The van der Waals surface area contributed by atoms with Crippen LogP contribution in [0, 0.1) is 5.82 Å². The number of likely N-dealkylation sites (N-methyl/N-ethyl adjacent to an activating group) is 1. The molecule has 0 aromatic heterocycles. The number of halogens is 3. The molecule has 0 unspecified atom stereocenters. The van der Waals surface area contributed by atoms with Gasteiger partial charge in [0, 0.05) is 22.7 Å². The zero-order chi connectivity index (χ0) is 18.4. The Morgan fingerprint density at radius 3 is 2.68 bits per heavy atom. The van der Waals surface area contributed by atoms with Gasteiger partial charge < -0.3 is 10.2 Å². The molecule has 0 aliphatic heterocycles. The van der Waals surface area contributed by atoms with E-state index in [9.17, 15) is 14.0 Å². The lowest BCUT2D eigenvalue weighted by Crippen LogP contribution is -2.35. The van der Waals surface area contributed by atoms with Gasteiger partial charge in [-0.1, -0.05) is 29.3 Å². The SMILES string of the molecule is CN(CC(=O)Nc1cccc(F)c1)C(=O)CSc1cc(Cl)ccc1Cl. The van der Waals surface area contributed by atoms with E-state index in [1.165, 1.54) is 41.9 Å². The van der Waals surface area contributed by atoms with Gasteiger partial charge in [-0.25, -0.2) is 4.39 Å². The van der Waals surface area contributed by atoms with E-state index in [1.807, 2.05) is 0 Å². The van der Waals surface area contributed by atoms with Crippen LogP contribution in [0.1, 0.15) is 0 Å². The first-order valence-electron chi connectivity index (χ1n) is 7.22. The molecular weight excluding hydrogens is 386 g/mol. The smallest absolute Gasteiger partial charge is 0.243 e. The number of hydrogen-bond acceptors (Lipinski definition) is 3. The second kappa shape index (κ2) is 9.08. The Morgan fingerprint density at radius 1 is 1.20 bits per heavy atom. The van der Waals surface area contributed by atoms with Crippen LogP contribution in [0.25, 0.3) is 0 Å². The van der Waals surface area contributed by atoms with Gasteiger partial charge in [0.15, 0.2) is 0 Å². The van der Waals surface area contributed by atoms with Crippen LogP contribution in [0.15, 0.2) is 47.4 Å². The van der Waals surface area contributed by atoms with E-state index in [0.717, 1.165) is 0 Å². The highest BCUT2D eigenvalue weighted by Crippen LogP contribution is 2.29. The summed E-state index contributed by atoms with van der Waals surface area (Å²) in [6, 6.07) is 10.6. The summed E-state index contributed by atoms with van der Waals surface area (Å²) in [4.78, 5) is 26.1. The van der Waals surface area contributed by atoms with Gasteiger partial charge in [0.05, 0.1) is 17.3 Å². The molecule has 0 fully saturated rings. The molecule has 2 rings (SSSR count). The van der Waals surface area contributed by atoms with Crippen LogP contribution in [0.2, 0.25) is 10.0 Å². The number of carbonyl (C=O) groups excluding carboxylic acids is 2. The first-order chi connectivity index (χ1) is 11.8. The summed E-state index contributed by atoms with van der Waals surface area (Å²) in [5, 5.41) is 3.58. The van der Waals surface area contributed by atoms with Gasteiger partial charge in [0.1, 0.15) is 5.82 Å². The lowest BCUT2D eigenvalue weighted by atomic mass is 10.3. The Bertz CT molecular complexity index is 789. The van der Waals surface area contributed by atoms with Crippen molar-refractivity contribution < 1.29 is 14.0 Å². The molecule has 0 heterocycles. The van der Waals surface area contributed by atoms with Crippen molar-refractivity contribution in [3.63, 3.8) is 0 Å². The maximum absolute atomic E-state index is 13.1. The predicted molar refractivity (Wildman–Crippen MR) is 99.9 cm³/mol. The molecule has 0 saturated heterocycles. The molecule has 25 heavy (non-hydrogen) atoms. The molecule has 0 bridgehead atoms. The van der Waals surface area contributed by atoms with Crippen molar-refractivity contribution in [2.75, 3.05) is 24.7 Å². The number of nitrogens with one attached hydrogen (secondary N) is 1. The summed E-state index contributed by atoms with van der Waals surface area (Å²) in [6.07, 6.45) is 0. The standard InChI is InChI=1S/C17H15Cl2FN2O2S/c1-22(9-16(23)21-13-4-2-3-12(20)8-13)17(24)10-25-15-7-11(18)5-6-14(15)19/h2-8H,9-10H2,1H3,(H,21,23). The van der Waals surface area contributed by atoms with Gasteiger partial charge in [0.25, 0.3) is 0 Å². The molecular formula is C17H15Cl2FN2O2S. The van der Waals surface area contributed by atoms with Gasteiger partial charge >= 0.3 is 0 Å². The topological polar surface area (TPSA) is 49.4 Å². The number of carbonyl (C=O) groups is 2. The Balaban J connectivity index is 1.85. The van der Waals surface area contributed by atoms with Gasteiger partial charge in [-0.3, -0.25) is 9.59 Å². The number of rotatable bonds is 6. The number of nitrogens with zero attached hydrogens (tertiary/aromatic N) is 1. The number of anilines is 1. The lowest BCUT2D eigenvalue weighted by molar-refractivity contribution is -0.131. The number of benzene rings is 2. The van der Waals surface area contributed by atoms with Crippen LogP contribution in [0.4, 0.5) is 10.1 Å². The molecule has 0 aliphatic rings. The highest BCUT2D eigenvalue weighted by Gasteiger charge is 2.14. The Kier molecular flexibility index (Phi) is 7.11. The average Bonchev–Trinajstić information content (AvgIpc) is 2.55. The Morgan fingerprint density at radius 2 is 1.96 bits per heavy atom. The fraction of sp³-hybridized carbons (Fsp3) is 0.176. The van der Waals surface area contributed by atoms with Crippen molar-refractivity contribution in [1.82, 2.24) is 4.90 Å². The largest absolute Gasteiger partial charge is 0.336 e. The first-order valence-corrected chi connectivity index (χ1v) is 8.96. The molecule has 2 aromatic rings. The lowest BCUT2D eigenvalue weighted by Gasteiger charge is -2.17.